The molecule has 184 valence electrons. The molecule has 1 aliphatic heterocycles. The van der Waals surface area contributed by atoms with Crippen LogP contribution in [0.15, 0.2) is 71.8 Å². The van der Waals surface area contributed by atoms with E-state index in [0.717, 1.165) is 17.8 Å². The molecule has 3 heterocycles. The highest BCUT2D eigenvalue weighted by Crippen LogP contribution is 2.37. The summed E-state index contributed by atoms with van der Waals surface area (Å²) in [6.45, 7) is 4.56. The van der Waals surface area contributed by atoms with Gasteiger partial charge in [0.1, 0.15) is 11.4 Å². The Hall–Kier alpha value is -4.40. The van der Waals surface area contributed by atoms with Crippen molar-refractivity contribution < 1.29 is 14.3 Å². The highest BCUT2D eigenvalue weighted by atomic mass is 16.5. The van der Waals surface area contributed by atoms with E-state index in [4.69, 9.17) is 9.47 Å². The number of amides is 1. The van der Waals surface area contributed by atoms with E-state index in [1.165, 1.54) is 13.3 Å². The van der Waals surface area contributed by atoms with Crippen molar-refractivity contribution in [3.63, 3.8) is 0 Å². The maximum atomic E-state index is 13.2. The standard InChI is InChI=1S/C27H27N5O4/c1-27(2)13-15-30(26(27)34)19-10-11-20(22(16-19)35-3)31-17-23(36-4)25(33)24(29-31)21-12-14-28-32(21)18-8-6-5-7-9-18/h5-12,14,16-17H,13,15H2,1-4H3. The molecule has 0 radical (unpaired) electrons. The summed E-state index contributed by atoms with van der Waals surface area (Å²) in [7, 11) is 3.00. The molecule has 4 aromatic rings. The van der Waals surface area contributed by atoms with Crippen molar-refractivity contribution in [2.24, 2.45) is 5.41 Å². The summed E-state index contributed by atoms with van der Waals surface area (Å²) in [6, 6.07) is 16.7. The van der Waals surface area contributed by atoms with Crippen LogP contribution < -0.4 is 19.8 Å². The summed E-state index contributed by atoms with van der Waals surface area (Å²) < 4.78 is 14.3. The summed E-state index contributed by atoms with van der Waals surface area (Å²) in [5.41, 5.74) is 2.10. The van der Waals surface area contributed by atoms with Crippen molar-refractivity contribution in [2.45, 2.75) is 20.3 Å². The summed E-state index contributed by atoms with van der Waals surface area (Å²) in [6.07, 6.45) is 3.93. The zero-order valence-electron chi connectivity index (χ0n) is 20.6. The zero-order chi connectivity index (χ0) is 25.4. The Morgan fingerprint density at radius 2 is 1.67 bits per heavy atom. The fourth-order valence-electron chi connectivity index (χ4n) is 4.40. The average Bonchev–Trinajstić information content (AvgIpc) is 3.49. The molecule has 1 amide bonds. The Kier molecular flexibility index (Phi) is 5.83. The molecular formula is C27H27N5O4. The topological polar surface area (TPSA) is 91.5 Å². The lowest BCUT2D eigenvalue weighted by Crippen LogP contribution is -2.30. The summed E-state index contributed by atoms with van der Waals surface area (Å²) in [5, 5.41) is 9.05. The van der Waals surface area contributed by atoms with Crippen LogP contribution >= 0.6 is 0 Å². The van der Waals surface area contributed by atoms with E-state index >= 15 is 0 Å². The third-order valence-electron chi connectivity index (χ3n) is 6.50. The Morgan fingerprint density at radius 3 is 2.33 bits per heavy atom. The highest BCUT2D eigenvalue weighted by molar-refractivity contribution is 5.99. The van der Waals surface area contributed by atoms with Crippen LogP contribution in [0.4, 0.5) is 5.69 Å². The van der Waals surface area contributed by atoms with Crippen molar-refractivity contribution in [1.29, 1.82) is 0 Å². The summed E-state index contributed by atoms with van der Waals surface area (Å²) >= 11 is 0. The van der Waals surface area contributed by atoms with E-state index in [-0.39, 0.29) is 22.8 Å². The van der Waals surface area contributed by atoms with E-state index in [1.54, 1.807) is 33.6 Å². The summed E-state index contributed by atoms with van der Waals surface area (Å²) in [4.78, 5) is 27.8. The molecule has 0 saturated carbocycles. The number of nitrogens with zero attached hydrogens (tertiary/aromatic N) is 5. The monoisotopic (exact) mass is 485 g/mol. The molecule has 0 aliphatic carbocycles. The van der Waals surface area contributed by atoms with Crippen LogP contribution in [0.1, 0.15) is 20.3 Å². The number of methoxy groups -OCH3 is 2. The van der Waals surface area contributed by atoms with Gasteiger partial charge in [0.15, 0.2) is 11.4 Å². The van der Waals surface area contributed by atoms with Crippen LogP contribution in [-0.2, 0) is 4.79 Å². The van der Waals surface area contributed by atoms with Gasteiger partial charge < -0.3 is 14.4 Å². The van der Waals surface area contributed by atoms with Gasteiger partial charge in [-0.2, -0.15) is 10.2 Å². The van der Waals surface area contributed by atoms with Crippen molar-refractivity contribution >= 4 is 11.6 Å². The maximum Gasteiger partial charge on any atom is 0.251 e. The minimum Gasteiger partial charge on any atom is -0.494 e. The lowest BCUT2D eigenvalue weighted by molar-refractivity contribution is -0.123. The largest absolute Gasteiger partial charge is 0.494 e. The number of anilines is 1. The van der Waals surface area contributed by atoms with Gasteiger partial charge in [-0.15, -0.1) is 0 Å². The smallest absolute Gasteiger partial charge is 0.251 e. The molecule has 1 saturated heterocycles. The van der Waals surface area contributed by atoms with E-state index in [1.807, 2.05) is 62.4 Å². The van der Waals surface area contributed by atoms with Crippen LogP contribution in [0.25, 0.3) is 22.8 Å². The molecule has 0 spiro atoms. The van der Waals surface area contributed by atoms with E-state index in [2.05, 4.69) is 10.2 Å². The molecule has 9 nitrogen and oxygen atoms in total. The zero-order valence-corrected chi connectivity index (χ0v) is 20.6. The number of benzene rings is 2. The Bertz CT molecular complexity index is 1490. The Balaban J connectivity index is 1.62. The minimum atomic E-state index is -0.393. The molecule has 1 fully saturated rings. The van der Waals surface area contributed by atoms with Gasteiger partial charge in [-0.25, -0.2) is 9.36 Å². The van der Waals surface area contributed by atoms with Gasteiger partial charge in [0, 0.05) is 23.7 Å². The Labute approximate surface area is 208 Å². The lowest BCUT2D eigenvalue weighted by Gasteiger charge is -2.21. The molecule has 1 aliphatic rings. The van der Waals surface area contributed by atoms with E-state index in [0.29, 0.717) is 23.7 Å². The first kappa shape index (κ1) is 23.3. The van der Waals surface area contributed by atoms with Crippen molar-refractivity contribution in [2.75, 3.05) is 25.7 Å². The van der Waals surface area contributed by atoms with Gasteiger partial charge in [-0.3, -0.25) is 9.59 Å². The van der Waals surface area contributed by atoms with Crippen molar-refractivity contribution in [3.8, 4) is 34.3 Å². The molecule has 2 aromatic carbocycles. The molecule has 0 atom stereocenters. The van der Waals surface area contributed by atoms with E-state index in [9.17, 15) is 9.59 Å². The highest BCUT2D eigenvalue weighted by Gasteiger charge is 2.39. The molecule has 36 heavy (non-hydrogen) atoms. The van der Waals surface area contributed by atoms with Crippen LogP contribution in [0.3, 0.4) is 0 Å². The number of para-hydroxylation sites is 1. The molecule has 5 rings (SSSR count). The normalized spacial score (nSPS) is 14.8. The second-order valence-corrected chi connectivity index (χ2v) is 9.23. The molecular weight excluding hydrogens is 458 g/mol. The summed E-state index contributed by atoms with van der Waals surface area (Å²) in [5.74, 6) is 0.714. The Morgan fingerprint density at radius 1 is 0.917 bits per heavy atom. The van der Waals surface area contributed by atoms with Crippen LogP contribution in [0.2, 0.25) is 0 Å². The average molecular weight is 486 g/mol. The van der Waals surface area contributed by atoms with Gasteiger partial charge in [0.2, 0.25) is 5.91 Å². The van der Waals surface area contributed by atoms with Crippen LogP contribution in [0, 0.1) is 5.41 Å². The molecule has 0 unspecified atom stereocenters. The van der Waals surface area contributed by atoms with Gasteiger partial charge in [0.25, 0.3) is 5.43 Å². The van der Waals surface area contributed by atoms with Crippen LogP contribution in [-0.4, -0.2) is 46.2 Å². The second kappa shape index (κ2) is 8.99. The molecule has 2 aromatic heterocycles. The first-order chi connectivity index (χ1) is 17.3. The number of hydrogen-bond donors (Lipinski definition) is 0. The predicted octanol–water partition coefficient (Wildman–Crippen LogP) is 3.87. The number of aromatic nitrogens is 4. The number of carbonyl (C=O) groups is 1. The molecule has 0 bridgehead atoms. The second-order valence-electron chi connectivity index (χ2n) is 9.23. The quantitative estimate of drug-likeness (QED) is 0.412. The number of carbonyl (C=O) groups excluding carboxylic acids is 1. The minimum absolute atomic E-state index is 0.0805. The lowest BCUT2D eigenvalue weighted by atomic mass is 9.92. The first-order valence-corrected chi connectivity index (χ1v) is 11.6. The van der Waals surface area contributed by atoms with Gasteiger partial charge >= 0.3 is 0 Å². The number of rotatable bonds is 6. The number of hydrogen-bond acceptors (Lipinski definition) is 6. The van der Waals surface area contributed by atoms with E-state index < -0.39 is 5.41 Å². The predicted molar refractivity (Wildman–Crippen MR) is 136 cm³/mol. The molecule has 9 heteroatoms. The van der Waals surface area contributed by atoms with Gasteiger partial charge in [-0.1, -0.05) is 32.0 Å². The van der Waals surface area contributed by atoms with Crippen LogP contribution in [0.5, 0.6) is 11.5 Å². The van der Waals surface area contributed by atoms with Gasteiger partial charge in [-0.05, 0) is 36.8 Å². The number of ether oxygens (including phenoxy) is 2. The maximum absolute atomic E-state index is 13.2. The molecule has 0 N–H and O–H groups in total. The third-order valence-corrected chi connectivity index (χ3v) is 6.50. The SMILES string of the molecule is COc1cc(N2CCC(C)(C)C2=O)ccc1-n1cc(OC)c(=O)c(-c2ccnn2-c2ccccc2)n1. The van der Waals surface area contributed by atoms with Crippen molar-refractivity contribution in [1.82, 2.24) is 19.6 Å². The first-order valence-electron chi connectivity index (χ1n) is 11.6. The fraction of sp³-hybridized carbons (Fsp3) is 0.259. The van der Waals surface area contributed by atoms with Crippen molar-refractivity contribution in [3.05, 3.63) is 77.2 Å². The fourth-order valence-corrected chi connectivity index (χ4v) is 4.40. The third kappa shape index (κ3) is 3.92. The van der Waals surface area contributed by atoms with Gasteiger partial charge in [0.05, 0.1) is 38.0 Å².